The number of nitrogens with one attached hydrogen (secondary N) is 1. The van der Waals surface area contributed by atoms with Crippen LogP contribution in [0.4, 0.5) is 0 Å². The summed E-state index contributed by atoms with van der Waals surface area (Å²) in [6, 6.07) is 9.93. The number of likely N-dealkylation sites (N-methyl/N-ethyl adjacent to an activating group) is 1. The van der Waals surface area contributed by atoms with Gasteiger partial charge in [0.1, 0.15) is 0 Å². The molecule has 0 aromatic heterocycles. The summed E-state index contributed by atoms with van der Waals surface area (Å²) in [5, 5.41) is 12.2. The van der Waals surface area contributed by atoms with Gasteiger partial charge in [0.2, 0.25) is 0 Å². The van der Waals surface area contributed by atoms with E-state index in [-0.39, 0.29) is 0 Å². The van der Waals surface area contributed by atoms with Crippen molar-refractivity contribution in [2.45, 2.75) is 13.0 Å². The second-order valence-electron chi connectivity index (χ2n) is 5.48. The van der Waals surface area contributed by atoms with Gasteiger partial charge < -0.3 is 15.1 Å². The fourth-order valence-corrected chi connectivity index (χ4v) is 2.43. The second-order valence-corrected chi connectivity index (χ2v) is 5.48. The topological polar surface area (TPSA) is 42.3 Å². The molecule has 0 bridgehead atoms. The average molecular weight is 272 g/mol. The van der Waals surface area contributed by atoms with Crippen molar-refractivity contribution >= 4 is 0 Å². The first-order valence-corrected chi connectivity index (χ1v) is 7.38. The maximum atomic E-state index is 8.74. The summed E-state index contributed by atoms with van der Waals surface area (Å²) in [6.07, 6.45) is 1.19. The van der Waals surface area contributed by atoms with Crippen LogP contribution in [0.15, 0.2) is 24.3 Å². The van der Waals surface area contributed by atoms with Crippen molar-refractivity contribution in [2.75, 3.05) is 46.3 Å². The minimum atomic E-state index is 0.726. The number of hydrogen-bond acceptors (Lipinski definition) is 4. The number of rotatable bonds is 6. The molecule has 0 aliphatic carbocycles. The van der Waals surface area contributed by atoms with Gasteiger partial charge in [-0.05, 0) is 44.3 Å². The summed E-state index contributed by atoms with van der Waals surface area (Å²) >= 11 is 0. The zero-order valence-corrected chi connectivity index (χ0v) is 12.3. The van der Waals surface area contributed by atoms with Crippen LogP contribution in [0.25, 0.3) is 0 Å². The molecule has 0 radical (unpaired) electrons. The van der Waals surface area contributed by atoms with Gasteiger partial charge in [0, 0.05) is 32.7 Å². The third-order valence-electron chi connectivity index (χ3n) is 3.84. The molecule has 0 saturated carbocycles. The molecule has 4 heteroatoms. The quantitative estimate of drug-likeness (QED) is 0.792. The summed E-state index contributed by atoms with van der Waals surface area (Å²) in [5.41, 5.74) is 1.97. The lowest BCUT2D eigenvalue weighted by Gasteiger charge is -2.32. The number of nitriles is 1. The van der Waals surface area contributed by atoms with Crippen LogP contribution in [-0.4, -0.2) is 56.1 Å². The first-order chi connectivity index (χ1) is 9.78. The second kappa shape index (κ2) is 8.01. The minimum absolute atomic E-state index is 0.726. The predicted molar refractivity (Wildman–Crippen MR) is 81.4 cm³/mol. The van der Waals surface area contributed by atoms with E-state index in [1.165, 1.54) is 44.7 Å². The Morgan fingerprint density at radius 2 is 1.85 bits per heavy atom. The highest BCUT2D eigenvalue weighted by atomic mass is 15.2. The van der Waals surface area contributed by atoms with Crippen LogP contribution in [0.1, 0.15) is 17.5 Å². The first-order valence-electron chi connectivity index (χ1n) is 7.38. The molecule has 0 atom stereocenters. The highest BCUT2D eigenvalue weighted by molar-refractivity contribution is 5.31. The van der Waals surface area contributed by atoms with Crippen LogP contribution in [-0.2, 0) is 6.54 Å². The van der Waals surface area contributed by atoms with E-state index in [1.807, 2.05) is 24.3 Å². The normalized spacial score (nSPS) is 17.0. The van der Waals surface area contributed by atoms with Crippen molar-refractivity contribution in [3.63, 3.8) is 0 Å². The molecule has 0 spiro atoms. The van der Waals surface area contributed by atoms with Crippen molar-refractivity contribution < 1.29 is 0 Å². The third kappa shape index (κ3) is 4.93. The lowest BCUT2D eigenvalue weighted by Crippen LogP contribution is -2.45. The van der Waals surface area contributed by atoms with E-state index in [0.717, 1.165) is 18.7 Å². The molecule has 1 aliphatic rings. The molecule has 2 rings (SSSR count). The van der Waals surface area contributed by atoms with Crippen molar-refractivity contribution in [2.24, 2.45) is 0 Å². The van der Waals surface area contributed by atoms with Gasteiger partial charge in [0.25, 0.3) is 0 Å². The zero-order chi connectivity index (χ0) is 14.2. The highest BCUT2D eigenvalue weighted by Crippen LogP contribution is 2.03. The van der Waals surface area contributed by atoms with Crippen molar-refractivity contribution in [3.05, 3.63) is 35.4 Å². The number of benzene rings is 1. The van der Waals surface area contributed by atoms with Gasteiger partial charge in [0.15, 0.2) is 0 Å². The predicted octanol–water partition coefficient (Wildman–Crippen LogP) is 1.29. The molecule has 4 nitrogen and oxygen atoms in total. The van der Waals surface area contributed by atoms with Gasteiger partial charge in [-0.1, -0.05) is 12.1 Å². The summed E-state index contributed by atoms with van der Waals surface area (Å²) in [4.78, 5) is 4.93. The van der Waals surface area contributed by atoms with Crippen LogP contribution in [0.2, 0.25) is 0 Å². The largest absolute Gasteiger partial charge is 0.313 e. The third-order valence-corrected chi connectivity index (χ3v) is 3.84. The molecular formula is C16H24N4. The molecule has 0 amide bonds. The monoisotopic (exact) mass is 272 g/mol. The highest BCUT2D eigenvalue weighted by Gasteiger charge is 2.12. The van der Waals surface area contributed by atoms with Crippen LogP contribution in [0, 0.1) is 11.3 Å². The molecule has 1 aliphatic heterocycles. The first kappa shape index (κ1) is 15.0. The van der Waals surface area contributed by atoms with Crippen LogP contribution < -0.4 is 5.32 Å². The van der Waals surface area contributed by atoms with Gasteiger partial charge in [-0.25, -0.2) is 0 Å². The standard InChI is InChI=1S/C16H24N4/c1-19-9-11-20(12-10-19)8-2-7-18-14-16-5-3-15(13-17)4-6-16/h3-6,18H,2,7-12,14H2,1H3. The van der Waals surface area contributed by atoms with Gasteiger partial charge in [0.05, 0.1) is 11.6 Å². The van der Waals surface area contributed by atoms with Gasteiger partial charge in [-0.15, -0.1) is 0 Å². The van der Waals surface area contributed by atoms with Crippen LogP contribution in [0.5, 0.6) is 0 Å². The van der Waals surface area contributed by atoms with E-state index in [0.29, 0.717) is 0 Å². The summed E-state index contributed by atoms with van der Waals surface area (Å²) in [7, 11) is 2.19. The Hall–Kier alpha value is -1.41. The fraction of sp³-hybridized carbons (Fsp3) is 0.562. The number of nitrogens with zero attached hydrogens (tertiary/aromatic N) is 3. The summed E-state index contributed by atoms with van der Waals surface area (Å²) in [5.74, 6) is 0. The summed E-state index contributed by atoms with van der Waals surface area (Å²) in [6.45, 7) is 7.91. The Bertz CT molecular complexity index is 427. The van der Waals surface area contributed by atoms with Gasteiger partial charge in [-0.2, -0.15) is 5.26 Å². The SMILES string of the molecule is CN1CCN(CCCNCc2ccc(C#N)cc2)CC1. The van der Waals surface area contributed by atoms with E-state index in [2.05, 4.69) is 28.2 Å². The lowest BCUT2D eigenvalue weighted by atomic mass is 10.1. The maximum Gasteiger partial charge on any atom is 0.0991 e. The molecule has 108 valence electrons. The molecule has 1 fully saturated rings. The van der Waals surface area contributed by atoms with Crippen LogP contribution >= 0.6 is 0 Å². The smallest absolute Gasteiger partial charge is 0.0991 e. The molecular weight excluding hydrogens is 248 g/mol. The van der Waals surface area contributed by atoms with Crippen molar-refractivity contribution in [3.8, 4) is 6.07 Å². The summed E-state index contributed by atoms with van der Waals surface area (Å²) < 4.78 is 0. The molecule has 1 aromatic carbocycles. The molecule has 0 unspecified atom stereocenters. The Balaban J connectivity index is 1.56. The zero-order valence-electron chi connectivity index (χ0n) is 12.3. The molecule has 1 N–H and O–H groups in total. The average Bonchev–Trinajstić information content (AvgIpc) is 2.49. The Labute approximate surface area is 122 Å². The van der Waals surface area contributed by atoms with Gasteiger partial charge >= 0.3 is 0 Å². The number of piperazine rings is 1. The Morgan fingerprint density at radius 3 is 2.50 bits per heavy atom. The molecule has 1 saturated heterocycles. The van der Waals surface area contributed by atoms with Crippen LogP contribution in [0.3, 0.4) is 0 Å². The molecule has 20 heavy (non-hydrogen) atoms. The maximum absolute atomic E-state index is 8.74. The fourth-order valence-electron chi connectivity index (χ4n) is 2.43. The Kier molecular flexibility index (Phi) is 6.00. The van der Waals surface area contributed by atoms with E-state index in [9.17, 15) is 0 Å². The van der Waals surface area contributed by atoms with Gasteiger partial charge in [-0.3, -0.25) is 0 Å². The lowest BCUT2D eigenvalue weighted by molar-refractivity contribution is 0.153. The number of hydrogen-bond donors (Lipinski definition) is 1. The van der Waals surface area contributed by atoms with E-state index in [1.54, 1.807) is 0 Å². The van der Waals surface area contributed by atoms with Crippen molar-refractivity contribution in [1.82, 2.24) is 15.1 Å². The Morgan fingerprint density at radius 1 is 1.15 bits per heavy atom. The van der Waals surface area contributed by atoms with E-state index >= 15 is 0 Å². The van der Waals surface area contributed by atoms with E-state index in [4.69, 9.17) is 5.26 Å². The minimum Gasteiger partial charge on any atom is -0.313 e. The van der Waals surface area contributed by atoms with Crippen molar-refractivity contribution in [1.29, 1.82) is 5.26 Å². The van der Waals surface area contributed by atoms with E-state index < -0.39 is 0 Å². The molecule has 1 aromatic rings. The molecule has 1 heterocycles.